The molecule has 0 atom stereocenters. The first-order valence-electron chi connectivity index (χ1n) is 9.09. The fraction of sp³-hybridized carbons (Fsp3) is 0.286. The molecule has 0 unspecified atom stereocenters. The summed E-state index contributed by atoms with van der Waals surface area (Å²) in [4.78, 5) is 14.6. The predicted octanol–water partition coefficient (Wildman–Crippen LogP) is 3.43. The van der Waals surface area contributed by atoms with Gasteiger partial charge in [-0.1, -0.05) is 41.1 Å². The maximum atomic E-state index is 13.0. The number of phenols is 1. The Kier molecular flexibility index (Phi) is 4.39. The Balaban J connectivity index is 1.64. The molecule has 1 aliphatic carbocycles. The van der Waals surface area contributed by atoms with Gasteiger partial charge in [-0.3, -0.25) is 4.79 Å². The number of carbonyl (C=O) groups is 1. The van der Waals surface area contributed by atoms with Crippen LogP contribution in [0, 0.1) is 6.92 Å². The molecule has 6 heteroatoms. The Morgan fingerprint density at radius 1 is 1.19 bits per heavy atom. The number of nitrogens with zero attached hydrogens (tertiary/aromatic N) is 4. The number of aromatic hydroxyl groups is 1. The number of hydrogen-bond donors (Lipinski definition) is 1. The van der Waals surface area contributed by atoms with Gasteiger partial charge in [-0.05, 0) is 38.0 Å². The number of para-hydroxylation sites is 1. The topological polar surface area (TPSA) is 71.2 Å². The molecule has 4 rings (SSSR count). The van der Waals surface area contributed by atoms with Gasteiger partial charge >= 0.3 is 0 Å². The first-order valence-corrected chi connectivity index (χ1v) is 9.09. The lowest BCUT2D eigenvalue weighted by Gasteiger charge is -2.17. The standard InChI is InChI=1S/C21H22N4O2/c1-14-7-11-17(12-8-14)25-20(15-9-10-15)19(22-23-25)21(27)24(2)13-16-5-3-4-6-18(16)26/h3-8,11-12,15,26H,9-10,13H2,1-2H3. The van der Waals surface area contributed by atoms with Gasteiger partial charge in [-0.15, -0.1) is 5.10 Å². The van der Waals surface area contributed by atoms with Gasteiger partial charge in [-0.25, -0.2) is 4.68 Å². The summed E-state index contributed by atoms with van der Waals surface area (Å²) >= 11 is 0. The summed E-state index contributed by atoms with van der Waals surface area (Å²) in [5.74, 6) is 0.320. The van der Waals surface area contributed by atoms with Crippen molar-refractivity contribution in [2.75, 3.05) is 7.05 Å². The summed E-state index contributed by atoms with van der Waals surface area (Å²) in [6.07, 6.45) is 2.09. The molecule has 0 aliphatic heterocycles. The molecule has 3 aromatic rings. The second kappa shape index (κ2) is 6.87. The average Bonchev–Trinajstić information content (AvgIpc) is 3.42. The Morgan fingerprint density at radius 2 is 1.89 bits per heavy atom. The minimum absolute atomic E-state index is 0.182. The van der Waals surface area contributed by atoms with Crippen LogP contribution in [0.1, 0.15) is 46.1 Å². The minimum Gasteiger partial charge on any atom is -0.508 e. The SMILES string of the molecule is Cc1ccc(-n2nnc(C(=O)N(C)Cc3ccccc3O)c2C2CC2)cc1. The van der Waals surface area contributed by atoms with Crippen molar-refractivity contribution in [3.63, 3.8) is 0 Å². The van der Waals surface area contributed by atoms with E-state index in [0.717, 1.165) is 24.2 Å². The molecule has 1 heterocycles. The molecule has 2 aromatic carbocycles. The predicted molar refractivity (Wildman–Crippen MR) is 102 cm³/mol. The van der Waals surface area contributed by atoms with Gasteiger partial charge in [0.15, 0.2) is 5.69 Å². The molecule has 1 amide bonds. The second-order valence-corrected chi connectivity index (χ2v) is 7.13. The highest BCUT2D eigenvalue weighted by molar-refractivity contribution is 5.93. The van der Waals surface area contributed by atoms with E-state index in [1.165, 1.54) is 5.56 Å². The fourth-order valence-corrected chi connectivity index (χ4v) is 3.19. The molecule has 0 spiro atoms. The van der Waals surface area contributed by atoms with Crippen molar-refractivity contribution in [1.82, 2.24) is 19.9 Å². The molecule has 0 saturated heterocycles. The first-order chi connectivity index (χ1) is 13.0. The first kappa shape index (κ1) is 17.3. The molecule has 27 heavy (non-hydrogen) atoms. The summed E-state index contributed by atoms with van der Waals surface area (Å²) in [5.41, 5.74) is 4.07. The maximum absolute atomic E-state index is 13.0. The fourth-order valence-electron chi connectivity index (χ4n) is 3.19. The normalized spacial score (nSPS) is 13.6. The van der Waals surface area contributed by atoms with E-state index in [9.17, 15) is 9.90 Å². The summed E-state index contributed by atoms with van der Waals surface area (Å²) in [5, 5.41) is 18.5. The van der Waals surface area contributed by atoms with Crippen LogP contribution in [-0.2, 0) is 6.54 Å². The molecule has 138 valence electrons. The number of aromatic nitrogens is 3. The average molecular weight is 362 g/mol. The molecule has 1 aromatic heterocycles. The van der Waals surface area contributed by atoms with Crippen molar-refractivity contribution >= 4 is 5.91 Å². The lowest BCUT2D eigenvalue weighted by Crippen LogP contribution is -2.27. The lowest BCUT2D eigenvalue weighted by atomic mass is 10.1. The van der Waals surface area contributed by atoms with Crippen LogP contribution in [0.25, 0.3) is 5.69 Å². The van der Waals surface area contributed by atoms with Gasteiger partial charge in [0.05, 0.1) is 11.4 Å². The minimum atomic E-state index is -0.182. The van der Waals surface area contributed by atoms with Crippen LogP contribution in [0.2, 0.25) is 0 Å². The number of rotatable bonds is 5. The van der Waals surface area contributed by atoms with Gasteiger partial charge in [0.1, 0.15) is 5.75 Å². The van der Waals surface area contributed by atoms with Crippen LogP contribution in [0.4, 0.5) is 0 Å². The van der Waals surface area contributed by atoms with Crippen molar-refractivity contribution in [2.24, 2.45) is 0 Å². The smallest absolute Gasteiger partial charge is 0.276 e. The highest BCUT2D eigenvalue weighted by atomic mass is 16.3. The summed E-state index contributed by atoms with van der Waals surface area (Å²) in [6, 6.07) is 15.1. The van der Waals surface area contributed by atoms with E-state index in [1.54, 1.807) is 28.8 Å². The number of hydrogen-bond acceptors (Lipinski definition) is 4. The highest BCUT2D eigenvalue weighted by Gasteiger charge is 2.35. The largest absolute Gasteiger partial charge is 0.508 e. The van der Waals surface area contributed by atoms with Crippen LogP contribution in [0.3, 0.4) is 0 Å². The number of phenolic OH excluding ortho intramolecular Hbond substituents is 1. The zero-order valence-electron chi connectivity index (χ0n) is 15.5. The number of amides is 1. The van der Waals surface area contributed by atoms with Crippen LogP contribution >= 0.6 is 0 Å². The Bertz CT molecular complexity index is 974. The van der Waals surface area contributed by atoms with E-state index in [0.29, 0.717) is 23.7 Å². The van der Waals surface area contributed by atoms with E-state index in [4.69, 9.17) is 0 Å². The van der Waals surface area contributed by atoms with Crippen molar-refractivity contribution < 1.29 is 9.90 Å². The molecule has 0 radical (unpaired) electrons. The van der Waals surface area contributed by atoms with Gasteiger partial charge in [0.2, 0.25) is 0 Å². The third-order valence-electron chi connectivity index (χ3n) is 4.90. The van der Waals surface area contributed by atoms with Crippen molar-refractivity contribution in [3.8, 4) is 11.4 Å². The van der Waals surface area contributed by atoms with E-state index in [2.05, 4.69) is 10.3 Å². The van der Waals surface area contributed by atoms with Crippen molar-refractivity contribution in [1.29, 1.82) is 0 Å². The third kappa shape index (κ3) is 3.43. The molecule has 1 aliphatic rings. The molecular weight excluding hydrogens is 340 g/mol. The van der Waals surface area contributed by atoms with E-state index in [1.807, 2.05) is 43.3 Å². The van der Waals surface area contributed by atoms with Crippen LogP contribution in [0.5, 0.6) is 5.75 Å². The quantitative estimate of drug-likeness (QED) is 0.755. The van der Waals surface area contributed by atoms with E-state index in [-0.39, 0.29) is 11.7 Å². The summed E-state index contributed by atoms with van der Waals surface area (Å²) < 4.78 is 1.79. The van der Waals surface area contributed by atoms with Crippen LogP contribution in [0.15, 0.2) is 48.5 Å². The molecule has 6 nitrogen and oxygen atoms in total. The summed E-state index contributed by atoms with van der Waals surface area (Å²) in [7, 11) is 1.72. The third-order valence-corrected chi connectivity index (χ3v) is 4.90. The second-order valence-electron chi connectivity index (χ2n) is 7.13. The summed E-state index contributed by atoms with van der Waals surface area (Å²) in [6.45, 7) is 2.35. The Morgan fingerprint density at radius 3 is 2.56 bits per heavy atom. The molecular formula is C21H22N4O2. The number of aryl methyl sites for hydroxylation is 1. The lowest BCUT2D eigenvalue weighted by molar-refractivity contribution is 0.0777. The number of carbonyl (C=O) groups excluding carboxylic acids is 1. The zero-order chi connectivity index (χ0) is 19.0. The van der Waals surface area contributed by atoms with Gasteiger partial charge in [0, 0.05) is 25.1 Å². The van der Waals surface area contributed by atoms with Gasteiger partial charge in [0.25, 0.3) is 5.91 Å². The Labute approximate surface area is 158 Å². The van der Waals surface area contributed by atoms with Crippen LogP contribution in [-0.4, -0.2) is 38.0 Å². The molecule has 0 bridgehead atoms. The van der Waals surface area contributed by atoms with E-state index < -0.39 is 0 Å². The van der Waals surface area contributed by atoms with Crippen molar-refractivity contribution in [3.05, 3.63) is 71.0 Å². The van der Waals surface area contributed by atoms with Crippen molar-refractivity contribution in [2.45, 2.75) is 32.2 Å². The Hall–Kier alpha value is -3.15. The van der Waals surface area contributed by atoms with E-state index >= 15 is 0 Å². The maximum Gasteiger partial charge on any atom is 0.276 e. The zero-order valence-corrected chi connectivity index (χ0v) is 15.5. The molecule has 1 fully saturated rings. The highest BCUT2D eigenvalue weighted by Crippen LogP contribution is 2.42. The van der Waals surface area contributed by atoms with Crippen LogP contribution < -0.4 is 0 Å². The number of benzene rings is 2. The molecule has 1 N–H and O–H groups in total. The van der Waals surface area contributed by atoms with Gasteiger partial charge < -0.3 is 10.0 Å². The van der Waals surface area contributed by atoms with Gasteiger partial charge in [-0.2, -0.15) is 0 Å². The monoisotopic (exact) mass is 362 g/mol. The molecule has 1 saturated carbocycles.